The van der Waals surface area contributed by atoms with Crippen LogP contribution >= 0.6 is 0 Å². The van der Waals surface area contributed by atoms with Gasteiger partial charge in [-0.3, -0.25) is 19.2 Å². The summed E-state index contributed by atoms with van der Waals surface area (Å²) in [5.74, 6) is -5.28. The maximum atomic E-state index is 13.7. The molecule has 0 aromatic heterocycles. The minimum absolute atomic E-state index is 0.0225. The summed E-state index contributed by atoms with van der Waals surface area (Å²) in [5, 5.41) is 24.3. The molecule has 4 aliphatic rings. The normalized spacial score (nSPS) is 35.1. The predicted octanol–water partition coefficient (Wildman–Crippen LogP) is 2.52. The van der Waals surface area contributed by atoms with Gasteiger partial charge in [-0.2, -0.15) is 0 Å². The lowest BCUT2D eigenvalue weighted by molar-refractivity contribution is -0.336. The number of cyclic esters (lactones) is 1. The molecule has 0 radical (unpaired) electrons. The van der Waals surface area contributed by atoms with E-state index in [0.29, 0.717) is 11.1 Å². The van der Waals surface area contributed by atoms with Crippen molar-refractivity contribution in [2.24, 2.45) is 16.7 Å². The minimum atomic E-state index is -2.38. The van der Waals surface area contributed by atoms with Crippen molar-refractivity contribution in [1.82, 2.24) is 0 Å². The monoisotopic (exact) mass is 648 g/mol. The van der Waals surface area contributed by atoms with Crippen LogP contribution in [0.2, 0.25) is 0 Å². The number of esters is 4. The van der Waals surface area contributed by atoms with E-state index in [-0.39, 0.29) is 43.7 Å². The Morgan fingerprint density at radius 3 is 2.00 bits per heavy atom. The molecule has 12 nitrogen and oxygen atoms in total. The van der Waals surface area contributed by atoms with Gasteiger partial charge in [-0.05, 0) is 19.3 Å². The molecule has 2 N–H and O–H groups in total. The van der Waals surface area contributed by atoms with Crippen LogP contribution in [0.3, 0.4) is 0 Å². The Morgan fingerprint density at radius 1 is 0.872 bits per heavy atom. The standard InChI is InChI=1S/C35H36O12/c1-20-17-25(45-27(38)15-13-23(36)21-9-5-3-6-10-21)35(43)32(2)19-44-31(42)34(32,26-18-33(20,35)29(40)30(41)46-26)47-28(39)16-14-24(37)22-11-7-4-8-12-22/h3-12,20,25-26,29,40,43H,13-19H2,1-2H3/t20-,25-,26-,29+,32-,33+,34-,35+/m1/s1. The summed E-state index contributed by atoms with van der Waals surface area (Å²) in [6, 6.07) is 16.7. The van der Waals surface area contributed by atoms with E-state index in [0.717, 1.165) is 0 Å². The molecule has 2 bridgehead atoms. The third-order valence-electron chi connectivity index (χ3n) is 10.9. The number of aliphatic hydroxyl groups excluding tert-OH is 1. The average Bonchev–Trinajstić information content (AvgIpc) is 3.46. The van der Waals surface area contributed by atoms with E-state index in [1.165, 1.54) is 6.92 Å². The van der Waals surface area contributed by atoms with Crippen LogP contribution in [-0.2, 0) is 38.1 Å². The molecular formula is C35H36O12. The van der Waals surface area contributed by atoms with Gasteiger partial charge in [-0.25, -0.2) is 9.59 Å². The van der Waals surface area contributed by atoms with Gasteiger partial charge in [0.25, 0.3) is 5.60 Å². The molecule has 2 aromatic carbocycles. The molecule has 6 rings (SSSR count). The topological polar surface area (TPSA) is 180 Å². The van der Waals surface area contributed by atoms with E-state index in [9.17, 15) is 39.0 Å². The molecule has 248 valence electrons. The first kappa shape index (κ1) is 32.5. The summed E-state index contributed by atoms with van der Waals surface area (Å²) in [5.41, 5.74) is -7.51. The highest BCUT2D eigenvalue weighted by atomic mass is 16.6. The molecule has 0 unspecified atom stereocenters. The highest BCUT2D eigenvalue weighted by molar-refractivity contribution is 5.98. The zero-order chi connectivity index (χ0) is 33.8. The summed E-state index contributed by atoms with van der Waals surface area (Å²) in [7, 11) is 0. The molecule has 47 heavy (non-hydrogen) atoms. The highest BCUT2D eigenvalue weighted by Gasteiger charge is 2.90. The molecular weight excluding hydrogens is 612 g/mol. The van der Waals surface area contributed by atoms with Gasteiger partial charge in [0, 0.05) is 35.8 Å². The number of aliphatic hydroxyl groups is 2. The maximum absolute atomic E-state index is 13.7. The highest BCUT2D eigenvalue weighted by Crippen LogP contribution is 2.73. The first-order valence-electron chi connectivity index (χ1n) is 15.7. The largest absolute Gasteiger partial charge is 0.462 e. The fraction of sp³-hybridized carbons (Fsp3) is 0.486. The zero-order valence-electron chi connectivity index (χ0n) is 26.0. The summed E-state index contributed by atoms with van der Waals surface area (Å²) in [6.07, 6.45) is -6.22. The van der Waals surface area contributed by atoms with Crippen LogP contribution in [0.5, 0.6) is 0 Å². The number of Topliss-reactive ketones (excluding diaryl/α,β-unsaturated/α-hetero) is 2. The molecule has 2 aliphatic carbocycles. The molecule has 2 heterocycles. The fourth-order valence-corrected chi connectivity index (χ4v) is 8.48. The van der Waals surface area contributed by atoms with Gasteiger partial charge < -0.3 is 29.2 Å². The number of carbonyl (C=O) groups is 6. The van der Waals surface area contributed by atoms with E-state index in [1.54, 1.807) is 67.6 Å². The zero-order valence-corrected chi connectivity index (χ0v) is 26.0. The van der Waals surface area contributed by atoms with E-state index in [4.69, 9.17) is 18.9 Å². The third-order valence-corrected chi connectivity index (χ3v) is 10.9. The first-order valence-corrected chi connectivity index (χ1v) is 15.7. The van der Waals surface area contributed by atoms with Gasteiger partial charge in [0.15, 0.2) is 23.8 Å². The van der Waals surface area contributed by atoms with Crippen molar-refractivity contribution in [2.45, 2.75) is 81.9 Å². The Hall–Kier alpha value is -4.42. The van der Waals surface area contributed by atoms with Crippen molar-refractivity contribution in [3.8, 4) is 0 Å². The van der Waals surface area contributed by atoms with Crippen LogP contribution in [0.4, 0.5) is 0 Å². The van der Waals surface area contributed by atoms with Crippen LogP contribution in [0.25, 0.3) is 0 Å². The van der Waals surface area contributed by atoms with Crippen LogP contribution in [0.15, 0.2) is 60.7 Å². The fourth-order valence-electron chi connectivity index (χ4n) is 8.48. The van der Waals surface area contributed by atoms with E-state index in [2.05, 4.69) is 0 Å². The lowest BCUT2D eigenvalue weighted by atomic mass is 9.43. The lowest BCUT2D eigenvalue weighted by Gasteiger charge is -2.65. The van der Waals surface area contributed by atoms with Crippen LogP contribution < -0.4 is 0 Å². The second-order valence-corrected chi connectivity index (χ2v) is 13.2. The number of ketones is 2. The Kier molecular flexibility index (Phi) is 8.08. The second kappa shape index (κ2) is 11.7. The maximum Gasteiger partial charge on any atom is 0.355 e. The van der Waals surface area contributed by atoms with Gasteiger partial charge >= 0.3 is 23.9 Å². The predicted molar refractivity (Wildman–Crippen MR) is 159 cm³/mol. The molecule has 2 aromatic rings. The van der Waals surface area contributed by atoms with Crippen LogP contribution in [0.1, 0.15) is 73.1 Å². The van der Waals surface area contributed by atoms with Crippen LogP contribution in [0, 0.1) is 16.7 Å². The molecule has 4 fully saturated rings. The van der Waals surface area contributed by atoms with Gasteiger partial charge in [-0.15, -0.1) is 0 Å². The van der Waals surface area contributed by atoms with E-state index >= 15 is 0 Å². The van der Waals surface area contributed by atoms with Crippen LogP contribution in [-0.4, -0.2) is 81.8 Å². The van der Waals surface area contributed by atoms with Crippen molar-refractivity contribution in [3.63, 3.8) is 0 Å². The van der Waals surface area contributed by atoms with Gasteiger partial charge in [-0.1, -0.05) is 67.6 Å². The molecule has 2 aliphatic heterocycles. The van der Waals surface area contributed by atoms with Crippen molar-refractivity contribution >= 4 is 35.4 Å². The molecule has 2 saturated carbocycles. The van der Waals surface area contributed by atoms with Crippen molar-refractivity contribution < 1.29 is 57.9 Å². The smallest absolute Gasteiger partial charge is 0.355 e. The van der Waals surface area contributed by atoms with E-state index < -0.39 is 83.2 Å². The number of fused-ring (bicyclic) bond motifs is 4. The minimum Gasteiger partial charge on any atom is -0.462 e. The van der Waals surface area contributed by atoms with Crippen molar-refractivity contribution in [2.75, 3.05) is 6.61 Å². The molecule has 1 spiro atoms. The SMILES string of the molecule is C[C@@H]1C[C@@H](OC(=O)CCC(=O)c2ccccc2)[C@@]2(O)[C@@]13C[C@@H](OC(=O)[C@@H]3O)[C@@]1(OC(=O)CCC(=O)c3ccccc3)C(=O)OC[C@@]21C. The number of hydrogen-bond donors (Lipinski definition) is 2. The Bertz CT molecular complexity index is 1620. The summed E-state index contributed by atoms with van der Waals surface area (Å²) < 4.78 is 22.7. The number of benzene rings is 2. The van der Waals surface area contributed by atoms with Crippen molar-refractivity contribution in [1.29, 1.82) is 0 Å². The summed E-state index contributed by atoms with van der Waals surface area (Å²) in [6.45, 7) is 2.59. The molecule has 0 amide bonds. The Morgan fingerprint density at radius 2 is 1.43 bits per heavy atom. The van der Waals surface area contributed by atoms with E-state index in [1.807, 2.05) is 0 Å². The number of rotatable bonds is 10. The number of carbonyl (C=O) groups excluding carboxylic acids is 6. The Balaban J connectivity index is 1.30. The second-order valence-electron chi connectivity index (χ2n) is 13.2. The first-order chi connectivity index (χ1) is 22.3. The Labute approximate surface area is 270 Å². The van der Waals surface area contributed by atoms with Gasteiger partial charge in [0.1, 0.15) is 18.3 Å². The quantitative estimate of drug-likeness (QED) is 0.219. The van der Waals surface area contributed by atoms with Gasteiger partial charge in [0.05, 0.1) is 18.3 Å². The lowest BCUT2D eigenvalue weighted by Crippen LogP contribution is -2.83. The van der Waals surface area contributed by atoms with Gasteiger partial charge in [0.2, 0.25) is 0 Å². The molecule has 8 atom stereocenters. The molecule has 2 saturated heterocycles. The molecule has 12 heteroatoms. The summed E-state index contributed by atoms with van der Waals surface area (Å²) in [4.78, 5) is 78.8. The number of ether oxygens (including phenoxy) is 4. The number of hydrogen-bond acceptors (Lipinski definition) is 12. The average molecular weight is 649 g/mol. The summed E-state index contributed by atoms with van der Waals surface area (Å²) >= 11 is 0. The third kappa shape index (κ3) is 4.63. The van der Waals surface area contributed by atoms with Crippen molar-refractivity contribution in [3.05, 3.63) is 71.8 Å².